The number of nitrogen functional groups attached to an aromatic ring is 1. The highest BCUT2D eigenvalue weighted by molar-refractivity contribution is 5.73. The number of nitrogens with one attached hydrogen (secondary N) is 1. The SMILES string of the molecule is CCC(CO)CN1CCN(c2ccc(Nc3nc(-c4cncc(N)n4)cn4ccnc34)cc2)CC1. The Morgan fingerprint density at radius 3 is 2.57 bits per heavy atom. The van der Waals surface area contributed by atoms with Crippen LogP contribution in [0.4, 0.5) is 23.0 Å². The van der Waals surface area contributed by atoms with Crippen LogP contribution in [0.2, 0.25) is 0 Å². The fourth-order valence-electron chi connectivity index (χ4n) is 4.41. The van der Waals surface area contributed by atoms with Gasteiger partial charge in [0, 0.05) is 69.3 Å². The molecule has 10 heteroatoms. The lowest BCUT2D eigenvalue weighted by Crippen LogP contribution is -2.48. The van der Waals surface area contributed by atoms with Crippen LogP contribution in [0.25, 0.3) is 17.0 Å². The van der Waals surface area contributed by atoms with Crippen molar-refractivity contribution in [3.8, 4) is 11.4 Å². The lowest BCUT2D eigenvalue weighted by Gasteiger charge is -2.37. The molecule has 182 valence electrons. The van der Waals surface area contributed by atoms with Gasteiger partial charge >= 0.3 is 0 Å². The number of imidazole rings is 1. The van der Waals surface area contributed by atoms with Crippen molar-refractivity contribution in [3.05, 3.63) is 55.2 Å². The minimum Gasteiger partial charge on any atom is -0.396 e. The Kier molecular flexibility index (Phi) is 6.73. The number of aromatic nitrogens is 5. The standard InChI is InChI=1S/C25H31N9O/c1-2-18(17-35)15-32-9-11-33(12-10-32)20-5-3-19(4-6-20)29-24-25-28-7-8-34(25)16-22(31-24)21-13-27-14-23(26)30-21/h3-8,13-14,16,18,35H,2,9-12,15,17H2,1H3,(H2,26,30)(H,29,31). The van der Waals surface area contributed by atoms with Crippen LogP contribution in [0.3, 0.4) is 0 Å². The Hall–Kier alpha value is -3.76. The number of nitrogens with zero attached hydrogens (tertiary/aromatic N) is 7. The van der Waals surface area contributed by atoms with Crippen molar-refractivity contribution < 1.29 is 5.11 Å². The molecule has 0 spiro atoms. The maximum absolute atomic E-state index is 9.49. The van der Waals surface area contributed by atoms with Crippen molar-refractivity contribution >= 4 is 28.7 Å². The average Bonchev–Trinajstić information content (AvgIpc) is 3.37. The minimum absolute atomic E-state index is 0.265. The van der Waals surface area contributed by atoms with Crippen molar-refractivity contribution in [3.63, 3.8) is 0 Å². The molecule has 3 aromatic heterocycles. The summed E-state index contributed by atoms with van der Waals surface area (Å²) in [6.45, 7) is 7.36. The highest BCUT2D eigenvalue weighted by atomic mass is 16.3. The molecule has 35 heavy (non-hydrogen) atoms. The summed E-state index contributed by atoms with van der Waals surface area (Å²) in [6, 6.07) is 8.40. The Morgan fingerprint density at radius 1 is 1.06 bits per heavy atom. The number of aliphatic hydroxyl groups is 1. The van der Waals surface area contributed by atoms with Gasteiger partial charge in [-0.1, -0.05) is 6.92 Å². The molecule has 10 nitrogen and oxygen atoms in total. The first-order valence-corrected chi connectivity index (χ1v) is 12.0. The zero-order chi connectivity index (χ0) is 24.2. The van der Waals surface area contributed by atoms with Crippen LogP contribution in [0.15, 0.2) is 55.2 Å². The molecular formula is C25H31N9O. The highest BCUT2D eigenvalue weighted by Crippen LogP contribution is 2.26. The minimum atomic E-state index is 0.265. The highest BCUT2D eigenvalue weighted by Gasteiger charge is 2.19. The van der Waals surface area contributed by atoms with E-state index in [1.807, 2.05) is 16.8 Å². The molecule has 4 N–H and O–H groups in total. The van der Waals surface area contributed by atoms with E-state index in [0.717, 1.165) is 50.5 Å². The average molecular weight is 474 g/mol. The number of anilines is 4. The number of nitrogens with two attached hydrogens (primary N) is 1. The Balaban J connectivity index is 1.29. The van der Waals surface area contributed by atoms with Crippen LogP contribution in [0, 0.1) is 5.92 Å². The number of fused-ring (bicyclic) bond motifs is 1. The third kappa shape index (κ3) is 5.18. The maximum Gasteiger partial charge on any atom is 0.180 e. The van der Waals surface area contributed by atoms with Crippen LogP contribution in [-0.2, 0) is 0 Å². The van der Waals surface area contributed by atoms with Gasteiger partial charge in [0.05, 0.1) is 12.4 Å². The molecule has 0 saturated carbocycles. The molecule has 0 amide bonds. The van der Waals surface area contributed by atoms with E-state index in [2.05, 4.69) is 61.3 Å². The van der Waals surface area contributed by atoms with Crippen LogP contribution >= 0.6 is 0 Å². The molecule has 0 aliphatic carbocycles. The van der Waals surface area contributed by atoms with E-state index in [1.54, 1.807) is 12.4 Å². The molecule has 1 saturated heterocycles. The third-order valence-electron chi connectivity index (χ3n) is 6.51. The monoisotopic (exact) mass is 473 g/mol. The van der Waals surface area contributed by atoms with Crippen molar-refractivity contribution in [1.82, 2.24) is 29.2 Å². The summed E-state index contributed by atoms with van der Waals surface area (Å²) < 4.78 is 1.91. The summed E-state index contributed by atoms with van der Waals surface area (Å²) in [7, 11) is 0. The predicted molar refractivity (Wildman–Crippen MR) is 138 cm³/mol. The number of aliphatic hydroxyl groups excluding tert-OH is 1. The molecular weight excluding hydrogens is 442 g/mol. The van der Waals surface area contributed by atoms with E-state index >= 15 is 0 Å². The van der Waals surface area contributed by atoms with E-state index in [-0.39, 0.29) is 6.61 Å². The third-order valence-corrected chi connectivity index (χ3v) is 6.51. The van der Waals surface area contributed by atoms with Crippen molar-refractivity contribution in [1.29, 1.82) is 0 Å². The lowest BCUT2D eigenvalue weighted by atomic mass is 10.1. The van der Waals surface area contributed by atoms with Gasteiger partial charge in [0.2, 0.25) is 0 Å². The first-order valence-electron chi connectivity index (χ1n) is 12.0. The molecule has 4 aromatic rings. The van der Waals surface area contributed by atoms with E-state index < -0.39 is 0 Å². The molecule has 1 fully saturated rings. The molecule has 5 rings (SSSR count). The number of piperazine rings is 1. The molecule has 0 radical (unpaired) electrons. The summed E-state index contributed by atoms with van der Waals surface area (Å²) in [5.74, 6) is 1.35. The maximum atomic E-state index is 9.49. The molecule has 1 aliphatic heterocycles. The number of benzene rings is 1. The molecule has 1 aromatic carbocycles. The van der Waals surface area contributed by atoms with Gasteiger partial charge in [-0.2, -0.15) is 0 Å². The summed E-state index contributed by atoms with van der Waals surface area (Å²) in [5, 5.41) is 12.9. The number of hydrogen-bond donors (Lipinski definition) is 3. The first-order chi connectivity index (χ1) is 17.1. The predicted octanol–water partition coefficient (Wildman–Crippen LogP) is 2.65. The largest absolute Gasteiger partial charge is 0.396 e. The Labute approximate surface area is 204 Å². The second kappa shape index (κ2) is 10.2. The van der Waals surface area contributed by atoms with E-state index in [4.69, 9.17) is 10.7 Å². The molecule has 4 heterocycles. The molecule has 0 bridgehead atoms. The summed E-state index contributed by atoms with van der Waals surface area (Å²) in [6.07, 6.45) is 9.65. The summed E-state index contributed by atoms with van der Waals surface area (Å²) in [4.78, 5) is 22.5. The summed E-state index contributed by atoms with van der Waals surface area (Å²) >= 11 is 0. The van der Waals surface area contributed by atoms with Gasteiger partial charge in [0.25, 0.3) is 0 Å². The van der Waals surface area contributed by atoms with E-state index in [0.29, 0.717) is 28.9 Å². The molecule has 1 unspecified atom stereocenters. The van der Waals surface area contributed by atoms with Crippen molar-refractivity contribution in [2.45, 2.75) is 13.3 Å². The lowest BCUT2D eigenvalue weighted by molar-refractivity contribution is 0.155. The van der Waals surface area contributed by atoms with Crippen molar-refractivity contribution in [2.75, 3.05) is 55.3 Å². The summed E-state index contributed by atoms with van der Waals surface area (Å²) in [5.41, 5.74) is 9.91. The Morgan fingerprint density at radius 2 is 1.86 bits per heavy atom. The molecule has 1 aliphatic rings. The zero-order valence-corrected chi connectivity index (χ0v) is 19.9. The van der Waals surface area contributed by atoms with Crippen LogP contribution in [0.1, 0.15) is 13.3 Å². The van der Waals surface area contributed by atoms with Gasteiger partial charge < -0.3 is 25.5 Å². The van der Waals surface area contributed by atoms with E-state index in [9.17, 15) is 5.11 Å². The first kappa shape index (κ1) is 23.0. The second-order valence-corrected chi connectivity index (χ2v) is 8.88. The normalized spacial score (nSPS) is 15.4. The van der Waals surface area contributed by atoms with Crippen LogP contribution in [-0.4, -0.2) is 73.7 Å². The van der Waals surface area contributed by atoms with Gasteiger partial charge in [-0.05, 0) is 36.6 Å². The van der Waals surface area contributed by atoms with Crippen LogP contribution < -0.4 is 16.0 Å². The topological polar surface area (TPSA) is 121 Å². The van der Waals surface area contributed by atoms with Crippen molar-refractivity contribution in [2.24, 2.45) is 5.92 Å². The van der Waals surface area contributed by atoms with Gasteiger partial charge in [-0.3, -0.25) is 9.88 Å². The van der Waals surface area contributed by atoms with Gasteiger partial charge in [-0.25, -0.2) is 15.0 Å². The molecule has 1 atom stereocenters. The zero-order valence-electron chi connectivity index (χ0n) is 19.9. The number of rotatable bonds is 8. The van der Waals surface area contributed by atoms with E-state index in [1.165, 1.54) is 11.9 Å². The second-order valence-electron chi connectivity index (χ2n) is 8.88. The Bertz CT molecular complexity index is 1260. The fraction of sp³-hybridized carbons (Fsp3) is 0.360. The van der Waals surface area contributed by atoms with Gasteiger partial charge in [0.15, 0.2) is 11.5 Å². The smallest absolute Gasteiger partial charge is 0.180 e. The fourth-order valence-corrected chi connectivity index (χ4v) is 4.41. The van der Waals surface area contributed by atoms with Gasteiger partial charge in [-0.15, -0.1) is 0 Å². The van der Waals surface area contributed by atoms with Crippen LogP contribution in [0.5, 0.6) is 0 Å². The number of hydrogen-bond acceptors (Lipinski definition) is 9. The quantitative estimate of drug-likeness (QED) is 0.355. The van der Waals surface area contributed by atoms with Gasteiger partial charge in [0.1, 0.15) is 17.2 Å².